The van der Waals surface area contributed by atoms with Gasteiger partial charge in [-0.1, -0.05) is 39.0 Å². The minimum absolute atomic E-state index is 0. The van der Waals surface area contributed by atoms with E-state index in [2.05, 4.69) is 74.5 Å². The number of halogens is 2. The SMILES string of the molecule is CCC1=CC[C-]=C1.C[C](=[Zr+2])c1ccccc1.[Cl-].[Cl-].c1cc2c([cH-]1)CCCC2. The molecule has 0 saturated carbocycles. The van der Waals surface area contributed by atoms with Gasteiger partial charge < -0.3 is 24.8 Å². The molecule has 0 atom stereocenters. The zero-order valence-corrected chi connectivity index (χ0v) is 20.2. The predicted octanol–water partition coefficient (Wildman–Crippen LogP) is 0.152. The normalized spacial score (nSPS) is 13.4. The zero-order valence-electron chi connectivity index (χ0n) is 16.3. The minimum Gasteiger partial charge on any atom is -1.00 e. The number of aryl methyl sites for hydroxylation is 2. The first-order valence-electron chi connectivity index (χ1n) is 9.30. The second-order valence-electron chi connectivity index (χ2n) is 6.46. The van der Waals surface area contributed by atoms with Crippen LogP contribution in [0.1, 0.15) is 56.2 Å². The smallest absolute Gasteiger partial charge is 0.0512 e. The monoisotopic (exact) mass is 476 g/mol. The van der Waals surface area contributed by atoms with E-state index in [1.54, 1.807) is 11.1 Å². The van der Waals surface area contributed by atoms with E-state index in [-0.39, 0.29) is 24.8 Å². The minimum atomic E-state index is 0. The van der Waals surface area contributed by atoms with Crippen LogP contribution in [0.4, 0.5) is 0 Å². The Hall–Kier alpha value is -0.617. The second kappa shape index (κ2) is 15.3. The van der Waals surface area contributed by atoms with Crippen molar-refractivity contribution in [2.75, 3.05) is 0 Å². The van der Waals surface area contributed by atoms with Crippen LogP contribution in [0.3, 0.4) is 0 Å². The molecule has 144 valence electrons. The van der Waals surface area contributed by atoms with Gasteiger partial charge in [0.05, 0.1) is 0 Å². The van der Waals surface area contributed by atoms with Gasteiger partial charge in [-0.25, -0.2) is 17.7 Å². The molecule has 0 aliphatic heterocycles. The molecular formula is C24H28Cl2Zr-2. The molecule has 2 aliphatic rings. The Labute approximate surface area is 192 Å². The quantitative estimate of drug-likeness (QED) is 0.540. The van der Waals surface area contributed by atoms with E-state index in [1.165, 1.54) is 64.3 Å². The fourth-order valence-corrected chi connectivity index (χ4v) is 3.40. The van der Waals surface area contributed by atoms with Crippen molar-refractivity contribution < 1.29 is 49.0 Å². The third kappa shape index (κ3) is 9.93. The van der Waals surface area contributed by atoms with Crippen molar-refractivity contribution >= 4 is 3.21 Å². The third-order valence-corrected chi connectivity index (χ3v) is 5.24. The number of hydrogen-bond donors (Lipinski definition) is 0. The summed E-state index contributed by atoms with van der Waals surface area (Å²) in [4.78, 5) is 0. The molecule has 0 bridgehead atoms. The van der Waals surface area contributed by atoms with Crippen LogP contribution in [0.2, 0.25) is 0 Å². The first kappa shape index (κ1) is 26.4. The maximum atomic E-state index is 3.11. The van der Waals surface area contributed by atoms with Crippen LogP contribution in [0, 0.1) is 6.08 Å². The average molecular weight is 479 g/mol. The first-order chi connectivity index (χ1) is 12.2. The first-order valence-corrected chi connectivity index (χ1v) is 10.5. The van der Waals surface area contributed by atoms with Crippen LogP contribution in [0.15, 0.2) is 66.3 Å². The van der Waals surface area contributed by atoms with Gasteiger partial charge in [0, 0.05) is 0 Å². The predicted molar refractivity (Wildman–Crippen MR) is 106 cm³/mol. The van der Waals surface area contributed by atoms with Crippen LogP contribution in [0.25, 0.3) is 0 Å². The Balaban J connectivity index is 0.000000365. The molecule has 0 fully saturated rings. The van der Waals surface area contributed by atoms with Crippen LogP contribution in [-0.4, -0.2) is 3.21 Å². The molecule has 2 aromatic rings. The van der Waals surface area contributed by atoms with Crippen molar-refractivity contribution in [2.45, 2.75) is 52.4 Å². The van der Waals surface area contributed by atoms with Crippen molar-refractivity contribution in [3.63, 3.8) is 0 Å². The summed E-state index contributed by atoms with van der Waals surface area (Å²) in [5, 5.41) is 0. The molecule has 0 amide bonds. The molecule has 27 heavy (non-hydrogen) atoms. The largest absolute Gasteiger partial charge is 1.00 e. The summed E-state index contributed by atoms with van der Waals surface area (Å²) in [6, 6.07) is 17.2. The van der Waals surface area contributed by atoms with Gasteiger partial charge in [-0.3, -0.25) is 6.08 Å². The number of benzene rings is 1. The van der Waals surface area contributed by atoms with E-state index in [9.17, 15) is 0 Å². The molecule has 0 aromatic heterocycles. The summed E-state index contributed by atoms with van der Waals surface area (Å²) in [6.07, 6.45) is 15.0. The van der Waals surface area contributed by atoms with Gasteiger partial charge in [0.15, 0.2) is 0 Å². The van der Waals surface area contributed by atoms with E-state index in [0.29, 0.717) is 0 Å². The molecule has 3 heteroatoms. The average Bonchev–Trinajstić information content (AvgIpc) is 3.35. The van der Waals surface area contributed by atoms with Crippen molar-refractivity contribution in [3.8, 4) is 0 Å². The number of hydrogen-bond acceptors (Lipinski definition) is 0. The summed E-state index contributed by atoms with van der Waals surface area (Å²) in [7, 11) is 0. The third-order valence-electron chi connectivity index (χ3n) is 4.53. The van der Waals surface area contributed by atoms with Crippen LogP contribution >= 0.6 is 0 Å². The molecule has 0 heterocycles. The Morgan fingerprint density at radius 3 is 2.26 bits per heavy atom. The summed E-state index contributed by atoms with van der Waals surface area (Å²) in [5.74, 6) is 0. The molecule has 2 aromatic carbocycles. The standard InChI is InChI=1S/C9H11.C8H8.C7H9.2ClH.Zr/c1-2-5-9-7-3-6-8(9)4-1;1-2-8-6-4-3-5-7-8;1-2-7-5-3-4-6-7;;;/h3,6-7H,1-2,4-5H2;3-7H,1H3;5-6H,2-3H2,1H3;2*1H;/q-1;;-1;;;+2/p-2. The number of allylic oxidation sites excluding steroid dienone is 4. The van der Waals surface area contributed by atoms with Gasteiger partial charge in [-0.15, -0.1) is 6.42 Å². The van der Waals surface area contributed by atoms with Crippen molar-refractivity contribution in [1.29, 1.82) is 0 Å². The maximum absolute atomic E-state index is 3.11. The molecular weight excluding hydrogens is 450 g/mol. The Bertz CT molecular complexity index is 690. The zero-order chi connectivity index (χ0) is 17.9. The van der Waals surface area contributed by atoms with E-state index >= 15 is 0 Å². The molecule has 0 spiro atoms. The molecule has 0 radical (unpaired) electrons. The van der Waals surface area contributed by atoms with Crippen molar-refractivity contribution in [2.24, 2.45) is 0 Å². The van der Waals surface area contributed by atoms with Crippen LogP contribution in [-0.2, 0) is 37.1 Å². The van der Waals surface area contributed by atoms with Gasteiger partial charge in [0.2, 0.25) is 0 Å². The van der Waals surface area contributed by atoms with Crippen LogP contribution in [0.5, 0.6) is 0 Å². The van der Waals surface area contributed by atoms with Gasteiger partial charge in [-0.05, 0) is 0 Å². The summed E-state index contributed by atoms with van der Waals surface area (Å²) in [6.45, 7) is 4.32. The topological polar surface area (TPSA) is 0 Å². The summed E-state index contributed by atoms with van der Waals surface area (Å²) >= 11 is 1.51. The molecule has 0 N–H and O–H groups in total. The van der Waals surface area contributed by atoms with Crippen LogP contribution < -0.4 is 24.8 Å². The number of fused-ring (bicyclic) bond motifs is 1. The Morgan fingerprint density at radius 2 is 1.78 bits per heavy atom. The van der Waals surface area contributed by atoms with Gasteiger partial charge in [-0.2, -0.15) is 29.3 Å². The van der Waals surface area contributed by atoms with E-state index in [0.717, 1.165) is 12.8 Å². The van der Waals surface area contributed by atoms with Gasteiger partial charge in [0.25, 0.3) is 0 Å². The fraction of sp³-hybridized carbons (Fsp3) is 0.333. The molecule has 4 rings (SSSR count). The molecule has 0 unspecified atom stereocenters. The van der Waals surface area contributed by atoms with Gasteiger partial charge in [0.1, 0.15) is 0 Å². The molecule has 0 saturated heterocycles. The number of rotatable bonds is 2. The molecule has 2 aliphatic carbocycles. The Morgan fingerprint density at radius 1 is 1.07 bits per heavy atom. The fourth-order valence-electron chi connectivity index (χ4n) is 2.99. The second-order valence-corrected chi connectivity index (χ2v) is 8.30. The summed E-state index contributed by atoms with van der Waals surface area (Å²) < 4.78 is 1.46. The van der Waals surface area contributed by atoms with E-state index < -0.39 is 0 Å². The van der Waals surface area contributed by atoms with Gasteiger partial charge >= 0.3 is 70.3 Å². The molecule has 0 nitrogen and oxygen atoms in total. The maximum Gasteiger partial charge on any atom is -0.0512 e. The van der Waals surface area contributed by atoms with E-state index in [1.807, 2.05) is 6.07 Å². The van der Waals surface area contributed by atoms with Crippen molar-refractivity contribution in [3.05, 3.63) is 89.0 Å². The Kier molecular flexibility index (Phi) is 15.0. The van der Waals surface area contributed by atoms with Crippen molar-refractivity contribution in [1.82, 2.24) is 0 Å². The van der Waals surface area contributed by atoms with E-state index in [4.69, 9.17) is 0 Å². The summed E-state index contributed by atoms with van der Waals surface area (Å²) in [5.41, 5.74) is 6.00.